The smallest absolute Gasteiger partial charge is 0.341 e. The summed E-state index contributed by atoms with van der Waals surface area (Å²) in [5.74, 6) is 2.34. The standard InChI is InChI=1S/C42H34O14/c1-47-30-7-19-5-21(15-43)27(38(22(19)9-32(30)49-3)24-11-34-36(13-28(24)44)54-17-52-34)16-51-42-26-6-20-8-31(48-2)33(50-4)10-23(20)39(40(26)41(46)56-42)25-12-35-37(14-29(25)45)55-18-53-35/h5-14,42-45H,15-18H2,1-4H3. The Kier molecular flexibility index (Phi) is 8.44. The number of methoxy groups -OCH3 is 4. The number of fused-ring (bicyclic) bond motifs is 5. The van der Waals surface area contributed by atoms with Gasteiger partial charge in [0.05, 0.1) is 47.2 Å². The molecule has 0 aromatic heterocycles. The number of esters is 1. The number of aromatic hydroxyl groups is 2. The second-order valence-electron chi connectivity index (χ2n) is 13.1. The molecule has 6 aromatic rings. The summed E-state index contributed by atoms with van der Waals surface area (Å²) >= 11 is 0. The fourth-order valence-electron chi connectivity index (χ4n) is 7.64. The van der Waals surface area contributed by atoms with Crippen molar-refractivity contribution in [3.05, 3.63) is 82.9 Å². The van der Waals surface area contributed by atoms with Crippen molar-refractivity contribution < 1.29 is 67.5 Å². The minimum atomic E-state index is -1.24. The maximum Gasteiger partial charge on any atom is 0.341 e. The largest absolute Gasteiger partial charge is 0.507 e. The van der Waals surface area contributed by atoms with Crippen LogP contribution in [0.15, 0.2) is 60.7 Å². The lowest BCUT2D eigenvalue weighted by Crippen LogP contribution is -2.08. The van der Waals surface area contributed by atoms with Crippen LogP contribution in [0.5, 0.6) is 57.5 Å². The van der Waals surface area contributed by atoms with Gasteiger partial charge in [0.15, 0.2) is 46.0 Å². The lowest BCUT2D eigenvalue weighted by atomic mass is 9.88. The van der Waals surface area contributed by atoms with E-state index in [0.717, 1.165) is 0 Å². The van der Waals surface area contributed by atoms with E-state index in [1.54, 1.807) is 48.5 Å². The number of cyclic esters (lactones) is 1. The van der Waals surface area contributed by atoms with E-state index in [2.05, 4.69) is 0 Å². The van der Waals surface area contributed by atoms with Crippen LogP contribution < -0.4 is 37.9 Å². The number of carbonyl (C=O) groups excluding carboxylic acids is 1. The van der Waals surface area contributed by atoms with Gasteiger partial charge < -0.3 is 62.7 Å². The molecule has 0 bridgehead atoms. The highest BCUT2D eigenvalue weighted by Crippen LogP contribution is 2.52. The van der Waals surface area contributed by atoms with Gasteiger partial charge in [-0.1, -0.05) is 0 Å². The molecule has 3 N–H and O–H groups in total. The molecule has 3 heterocycles. The van der Waals surface area contributed by atoms with Crippen molar-refractivity contribution >= 4 is 27.5 Å². The van der Waals surface area contributed by atoms with Gasteiger partial charge >= 0.3 is 5.97 Å². The van der Waals surface area contributed by atoms with E-state index < -0.39 is 18.9 Å². The first-order valence-electron chi connectivity index (χ1n) is 17.4. The molecule has 56 heavy (non-hydrogen) atoms. The third-order valence-electron chi connectivity index (χ3n) is 10.3. The summed E-state index contributed by atoms with van der Waals surface area (Å²) < 4.78 is 57.2. The van der Waals surface area contributed by atoms with Gasteiger partial charge in [-0.3, -0.25) is 0 Å². The number of ether oxygens (including phenoxy) is 10. The van der Waals surface area contributed by atoms with Gasteiger partial charge in [0, 0.05) is 34.4 Å². The van der Waals surface area contributed by atoms with Gasteiger partial charge in [-0.15, -0.1) is 0 Å². The zero-order valence-corrected chi connectivity index (χ0v) is 30.5. The monoisotopic (exact) mass is 762 g/mol. The molecular formula is C42H34O14. The van der Waals surface area contributed by atoms with Crippen LogP contribution >= 0.6 is 0 Å². The lowest BCUT2D eigenvalue weighted by Gasteiger charge is -2.21. The van der Waals surface area contributed by atoms with E-state index in [0.29, 0.717) is 106 Å². The maximum absolute atomic E-state index is 14.0. The van der Waals surface area contributed by atoms with Crippen LogP contribution in [0, 0.1) is 0 Å². The molecule has 0 amide bonds. The van der Waals surface area contributed by atoms with Crippen LogP contribution in [-0.4, -0.2) is 63.3 Å². The number of carbonyl (C=O) groups is 1. The lowest BCUT2D eigenvalue weighted by molar-refractivity contribution is -0.111. The number of aliphatic hydroxyl groups is 1. The van der Waals surface area contributed by atoms with E-state index in [-0.39, 0.29) is 37.3 Å². The number of hydrogen-bond acceptors (Lipinski definition) is 14. The average molecular weight is 763 g/mol. The van der Waals surface area contributed by atoms with Crippen molar-refractivity contribution in [3.8, 4) is 79.7 Å². The summed E-state index contributed by atoms with van der Waals surface area (Å²) in [6.07, 6.45) is -1.24. The summed E-state index contributed by atoms with van der Waals surface area (Å²) in [5.41, 5.74) is 3.05. The zero-order chi connectivity index (χ0) is 38.8. The number of rotatable bonds is 10. The van der Waals surface area contributed by atoms with Gasteiger partial charge in [-0.2, -0.15) is 0 Å². The molecule has 0 spiro atoms. The van der Waals surface area contributed by atoms with E-state index in [4.69, 9.17) is 47.4 Å². The minimum absolute atomic E-state index is 0.0114. The molecule has 6 aromatic carbocycles. The van der Waals surface area contributed by atoms with E-state index in [9.17, 15) is 20.1 Å². The molecule has 9 rings (SSSR count). The Balaban J connectivity index is 1.22. The molecular weight excluding hydrogens is 728 g/mol. The van der Waals surface area contributed by atoms with Crippen molar-refractivity contribution in [2.75, 3.05) is 42.0 Å². The van der Waals surface area contributed by atoms with Gasteiger partial charge in [0.2, 0.25) is 19.9 Å². The number of hydrogen-bond donors (Lipinski definition) is 3. The van der Waals surface area contributed by atoms with Crippen LogP contribution in [0.2, 0.25) is 0 Å². The SMILES string of the molecule is COc1cc2cc(CO)c(COC3OC(=O)c4c3cc3cc(OC)c(OC)cc3c4-c3cc4c(cc3O)OCO4)c(-c3cc4c(cc3O)OCO4)c2cc1OC. The molecule has 3 aliphatic rings. The van der Waals surface area contributed by atoms with Gasteiger partial charge in [-0.25, -0.2) is 4.79 Å². The quantitative estimate of drug-likeness (QED) is 0.121. The van der Waals surface area contributed by atoms with Crippen molar-refractivity contribution in [2.45, 2.75) is 19.5 Å². The van der Waals surface area contributed by atoms with Crippen LogP contribution in [0.3, 0.4) is 0 Å². The number of phenolic OH excluding ortho intramolecular Hbond substituents is 2. The van der Waals surface area contributed by atoms with Crippen molar-refractivity contribution in [1.29, 1.82) is 0 Å². The predicted molar refractivity (Wildman–Crippen MR) is 199 cm³/mol. The van der Waals surface area contributed by atoms with E-state index in [1.165, 1.54) is 40.6 Å². The molecule has 14 nitrogen and oxygen atoms in total. The Morgan fingerprint density at radius 3 is 1.62 bits per heavy atom. The van der Waals surface area contributed by atoms with E-state index in [1.807, 2.05) is 0 Å². The molecule has 0 radical (unpaired) electrons. The third kappa shape index (κ3) is 5.44. The molecule has 0 saturated carbocycles. The highest BCUT2D eigenvalue weighted by atomic mass is 16.7. The maximum atomic E-state index is 14.0. The summed E-state index contributed by atoms with van der Waals surface area (Å²) in [5, 5.41) is 36.1. The first-order valence-corrected chi connectivity index (χ1v) is 17.4. The summed E-state index contributed by atoms with van der Waals surface area (Å²) in [6.45, 7) is -0.633. The fraction of sp³-hybridized carbons (Fsp3) is 0.214. The van der Waals surface area contributed by atoms with Crippen molar-refractivity contribution in [3.63, 3.8) is 0 Å². The number of phenols is 2. The average Bonchev–Trinajstić information content (AvgIpc) is 3.95. The minimum Gasteiger partial charge on any atom is -0.507 e. The van der Waals surface area contributed by atoms with Crippen LogP contribution in [0.4, 0.5) is 0 Å². The second-order valence-corrected chi connectivity index (χ2v) is 13.1. The fourth-order valence-corrected chi connectivity index (χ4v) is 7.64. The first kappa shape index (κ1) is 35.0. The molecule has 0 fully saturated rings. The molecule has 1 unspecified atom stereocenters. The summed E-state index contributed by atoms with van der Waals surface area (Å²) in [4.78, 5) is 14.0. The molecule has 0 saturated heterocycles. The van der Waals surface area contributed by atoms with Gasteiger partial charge in [-0.05, 0) is 86.8 Å². The Morgan fingerprint density at radius 1 is 0.607 bits per heavy atom. The van der Waals surface area contributed by atoms with Crippen LogP contribution in [0.1, 0.15) is 33.3 Å². The van der Waals surface area contributed by atoms with Gasteiger partial charge in [0.1, 0.15) is 11.5 Å². The number of benzene rings is 6. The van der Waals surface area contributed by atoms with E-state index >= 15 is 0 Å². The normalized spacial score (nSPS) is 14.9. The Morgan fingerprint density at radius 2 is 1.09 bits per heavy atom. The van der Waals surface area contributed by atoms with Crippen molar-refractivity contribution in [2.24, 2.45) is 0 Å². The Bertz CT molecular complexity index is 2620. The van der Waals surface area contributed by atoms with Crippen LogP contribution in [0.25, 0.3) is 43.8 Å². The second kappa shape index (κ2) is 13.5. The van der Waals surface area contributed by atoms with Crippen molar-refractivity contribution in [1.82, 2.24) is 0 Å². The molecule has 286 valence electrons. The Labute approximate surface area is 318 Å². The highest BCUT2D eigenvalue weighted by Gasteiger charge is 2.38. The highest BCUT2D eigenvalue weighted by molar-refractivity contribution is 6.12. The zero-order valence-electron chi connectivity index (χ0n) is 30.5. The van der Waals surface area contributed by atoms with Gasteiger partial charge in [0.25, 0.3) is 0 Å². The predicted octanol–water partition coefficient (Wildman–Crippen LogP) is 7.11. The third-order valence-corrected chi connectivity index (χ3v) is 10.3. The van der Waals surface area contributed by atoms with Crippen LogP contribution in [-0.2, 0) is 22.7 Å². The molecule has 0 aliphatic carbocycles. The summed E-state index contributed by atoms with van der Waals surface area (Å²) in [7, 11) is 6.07. The molecule has 1 atom stereocenters. The number of aliphatic hydroxyl groups excluding tert-OH is 1. The molecule has 3 aliphatic heterocycles. The Hall–Kier alpha value is -6.77. The topological polar surface area (TPSA) is 170 Å². The molecule has 14 heteroatoms. The summed E-state index contributed by atoms with van der Waals surface area (Å²) in [6, 6.07) is 16.8. The first-order chi connectivity index (χ1) is 27.2.